The van der Waals surface area contributed by atoms with Crippen molar-refractivity contribution in [3.8, 4) is 0 Å². The maximum atomic E-state index is 13.3. The van der Waals surface area contributed by atoms with Gasteiger partial charge in [0.05, 0.1) is 6.61 Å². The van der Waals surface area contributed by atoms with Crippen LogP contribution in [0.4, 0.5) is 8.78 Å². The van der Waals surface area contributed by atoms with Crippen LogP contribution in [0.2, 0.25) is 0 Å². The molecule has 1 rings (SSSR count). The van der Waals surface area contributed by atoms with E-state index in [2.05, 4.69) is 5.32 Å². The highest BCUT2D eigenvalue weighted by Crippen LogP contribution is 2.10. The summed E-state index contributed by atoms with van der Waals surface area (Å²) in [6, 6.07) is 3.69. The Bertz CT molecular complexity index is 489. The van der Waals surface area contributed by atoms with Crippen molar-refractivity contribution < 1.29 is 23.1 Å². The molecule has 110 valence electrons. The highest BCUT2D eigenvalue weighted by Gasteiger charge is 2.13. The lowest BCUT2D eigenvalue weighted by Gasteiger charge is -2.08. The SMILES string of the molecule is CC(C)COC(=O)CC(=O)NCc1cccc(F)c1F. The van der Waals surface area contributed by atoms with Gasteiger partial charge in [-0.25, -0.2) is 8.78 Å². The van der Waals surface area contributed by atoms with Crippen molar-refractivity contribution in [2.45, 2.75) is 26.8 Å². The van der Waals surface area contributed by atoms with E-state index in [0.717, 1.165) is 6.07 Å². The molecule has 0 saturated heterocycles. The summed E-state index contributed by atoms with van der Waals surface area (Å²) in [7, 11) is 0. The first kappa shape index (κ1) is 16.1. The van der Waals surface area contributed by atoms with Crippen molar-refractivity contribution in [2.24, 2.45) is 5.92 Å². The summed E-state index contributed by atoms with van der Waals surface area (Å²) >= 11 is 0. The maximum absolute atomic E-state index is 13.3. The van der Waals surface area contributed by atoms with Crippen molar-refractivity contribution >= 4 is 11.9 Å². The molecule has 0 aromatic heterocycles. The van der Waals surface area contributed by atoms with Gasteiger partial charge in [0.1, 0.15) is 6.42 Å². The van der Waals surface area contributed by atoms with Crippen LogP contribution in [-0.4, -0.2) is 18.5 Å². The molecule has 1 aromatic rings. The van der Waals surface area contributed by atoms with Crippen LogP contribution < -0.4 is 5.32 Å². The Labute approximate surface area is 116 Å². The van der Waals surface area contributed by atoms with Gasteiger partial charge in [0.25, 0.3) is 0 Å². The van der Waals surface area contributed by atoms with Gasteiger partial charge in [0.15, 0.2) is 11.6 Å². The minimum absolute atomic E-state index is 0.0221. The molecule has 1 aromatic carbocycles. The molecule has 1 amide bonds. The van der Waals surface area contributed by atoms with Gasteiger partial charge >= 0.3 is 5.97 Å². The average molecular weight is 285 g/mol. The molecule has 20 heavy (non-hydrogen) atoms. The van der Waals surface area contributed by atoms with Crippen molar-refractivity contribution in [1.29, 1.82) is 0 Å². The number of carbonyl (C=O) groups is 2. The van der Waals surface area contributed by atoms with Crippen LogP contribution >= 0.6 is 0 Å². The van der Waals surface area contributed by atoms with E-state index >= 15 is 0 Å². The fraction of sp³-hybridized carbons (Fsp3) is 0.429. The number of halogens is 2. The van der Waals surface area contributed by atoms with Crippen LogP contribution in [-0.2, 0) is 20.9 Å². The smallest absolute Gasteiger partial charge is 0.315 e. The van der Waals surface area contributed by atoms with Crippen LogP contribution in [0.5, 0.6) is 0 Å². The first-order valence-corrected chi connectivity index (χ1v) is 6.25. The standard InChI is InChI=1S/C14H17F2NO3/c1-9(2)8-20-13(19)6-12(18)17-7-10-4-3-5-11(15)14(10)16/h3-5,9H,6-8H2,1-2H3,(H,17,18). The Balaban J connectivity index is 2.40. The highest BCUT2D eigenvalue weighted by atomic mass is 19.2. The molecule has 6 heteroatoms. The summed E-state index contributed by atoms with van der Waals surface area (Å²) in [5.41, 5.74) is 0.0221. The third-order valence-corrected chi connectivity index (χ3v) is 2.39. The van der Waals surface area contributed by atoms with Crippen molar-refractivity contribution in [3.63, 3.8) is 0 Å². The molecule has 0 atom stereocenters. The van der Waals surface area contributed by atoms with Crippen LogP contribution in [0.3, 0.4) is 0 Å². The lowest BCUT2D eigenvalue weighted by atomic mass is 10.2. The molecule has 0 aliphatic carbocycles. The number of esters is 1. The Morgan fingerprint density at radius 1 is 1.30 bits per heavy atom. The zero-order valence-electron chi connectivity index (χ0n) is 11.4. The second kappa shape index (κ2) is 7.57. The summed E-state index contributed by atoms with van der Waals surface area (Å²) in [4.78, 5) is 22.7. The predicted octanol–water partition coefficient (Wildman–Crippen LogP) is 2.17. The predicted molar refractivity (Wildman–Crippen MR) is 68.6 cm³/mol. The quantitative estimate of drug-likeness (QED) is 0.644. The van der Waals surface area contributed by atoms with Crippen molar-refractivity contribution in [3.05, 3.63) is 35.4 Å². The maximum Gasteiger partial charge on any atom is 0.315 e. The number of ether oxygens (including phenoxy) is 1. The third-order valence-electron chi connectivity index (χ3n) is 2.39. The molecule has 4 nitrogen and oxygen atoms in total. The topological polar surface area (TPSA) is 55.4 Å². The Morgan fingerprint density at radius 3 is 2.65 bits per heavy atom. The van der Waals surface area contributed by atoms with E-state index in [-0.39, 0.29) is 24.6 Å². The largest absolute Gasteiger partial charge is 0.465 e. The highest BCUT2D eigenvalue weighted by molar-refractivity contribution is 5.94. The average Bonchev–Trinajstić information content (AvgIpc) is 2.38. The summed E-state index contributed by atoms with van der Waals surface area (Å²) in [6.07, 6.45) is -0.441. The molecule has 0 aliphatic rings. The minimum atomic E-state index is -1.00. The van der Waals surface area contributed by atoms with Gasteiger partial charge in [-0.15, -0.1) is 0 Å². The van der Waals surface area contributed by atoms with E-state index < -0.39 is 29.9 Å². The first-order chi connectivity index (χ1) is 9.40. The molecule has 0 heterocycles. The summed E-state index contributed by atoms with van der Waals surface area (Å²) in [5, 5.41) is 2.34. The molecule has 1 N–H and O–H groups in total. The lowest BCUT2D eigenvalue weighted by molar-refractivity contribution is -0.147. The molecule has 0 aliphatic heterocycles. The number of nitrogens with one attached hydrogen (secondary N) is 1. The summed E-state index contributed by atoms with van der Waals surface area (Å²) in [5.74, 6) is -3.04. The Hall–Kier alpha value is -1.98. The summed E-state index contributed by atoms with van der Waals surface area (Å²) in [6.45, 7) is 3.81. The van der Waals surface area contributed by atoms with Gasteiger partial charge in [0.2, 0.25) is 5.91 Å². The lowest BCUT2D eigenvalue weighted by Crippen LogP contribution is -2.27. The number of hydrogen-bond donors (Lipinski definition) is 1. The fourth-order valence-corrected chi connectivity index (χ4v) is 1.38. The molecule has 0 saturated carbocycles. The molecule has 0 spiro atoms. The zero-order valence-corrected chi connectivity index (χ0v) is 11.4. The van der Waals surface area contributed by atoms with Gasteiger partial charge in [0, 0.05) is 12.1 Å². The first-order valence-electron chi connectivity index (χ1n) is 6.25. The van der Waals surface area contributed by atoms with Gasteiger partial charge in [-0.3, -0.25) is 9.59 Å². The number of rotatable bonds is 6. The van der Waals surface area contributed by atoms with Crippen LogP contribution in [0.15, 0.2) is 18.2 Å². The molecule has 0 bridgehead atoms. The van der Waals surface area contributed by atoms with Gasteiger partial charge in [-0.05, 0) is 12.0 Å². The number of carbonyl (C=O) groups excluding carboxylic acids is 2. The van der Waals surface area contributed by atoms with E-state index in [0.29, 0.717) is 0 Å². The molecule has 0 fully saturated rings. The molecular weight excluding hydrogens is 268 g/mol. The van der Waals surface area contributed by atoms with Gasteiger partial charge in [-0.2, -0.15) is 0 Å². The number of benzene rings is 1. The van der Waals surface area contributed by atoms with Crippen LogP contribution in [0.25, 0.3) is 0 Å². The minimum Gasteiger partial charge on any atom is -0.465 e. The normalized spacial score (nSPS) is 10.4. The van der Waals surface area contributed by atoms with E-state index in [4.69, 9.17) is 4.74 Å². The van der Waals surface area contributed by atoms with Crippen molar-refractivity contribution in [1.82, 2.24) is 5.32 Å². The number of hydrogen-bond acceptors (Lipinski definition) is 3. The fourth-order valence-electron chi connectivity index (χ4n) is 1.38. The monoisotopic (exact) mass is 285 g/mol. The number of amides is 1. The van der Waals surface area contributed by atoms with E-state index in [1.807, 2.05) is 13.8 Å². The molecule has 0 radical (unpaired) electrons. The van der Waals surface area contributed by atoms with Crippen molar-refractivity contribution in [2.75, 3.05) is 6.61 Å². The zero-order chi connectivity index (χ0) is 15.1. The van der Waals surface area contributed by atoms with E-state index in [1.54, 1.807) is 0 Å². The van der Waals surface area contributed by atoms with E-state index in [9.17, 15) is 18.4 Å². The van der Waals surface area contributed by atoms with Gasteiger partial charge < -0.3 is 10.1 Å². The second-order valence-corrected chi connectivity index (χ2v) is 4.74. The Morgan fingerprint density at radius 2 is 2.00 bits per heavy atom. The van der Waals surface area contributed by atoms with Crippen LogP contribution in [0, 0.1) is 17.6 Å². The summed E-state index contributed by atoms with van der Waals surface area (Å²) < 4.78 is 31.1. The Kier molecular flexibility index (Phi) is 6.09. The molecule has 0 unspecified atom stereocenters. The van der Waals surface area contributed by atoms with Gasteiger partial charge in [-0.1, -0.05) is 26.0 Å². The van der Waals surface area contributed by atoms with Crippen LogP contribution in [0.1, 0.15) is 25.8 Å². The second-order valence-electron chi connectivity index (χ2n) is 4.74. The third kappa shape index (κ3) is 5.34. The molecular formula is C14H17F2NO3. The van der Waals surface area contributed by atoms with E-state index in [1.165, 1.54) is 12.1 Å².